The molecule has 0 bridgehead atoms. The van der Waals surface area contributed by atoms with Gasteiger partial charge in [-0.15, -0.1) is 0 Å². The molecule has 118 valence electrons. The summed E-state index contributed by atoms with van der Waals surface area (Å²) < 4.78 is 4.60. The first-order valence-corrected chi connectivity index (χ1v) is 7.58. The van der Waals surface area contributed by atoms with Crippen molar-refractivity contribution in [1.29, 1.82) is 0 Å². The Hall–Kier alpha value is -1.70. The average molecular weight is 370 g/mol. The van der Waals surface area contributed by atoms with Crippen LogP contribution >= 0.6 is 34.8 Å². The Balaban J connectivity index is 2.31. The van der Waals surface area contributed by atoms with Crippen molar-refractivity contribution in [2.24, 2.45) is 0 Å². The van der Waals surface area contributed by atoms with Crippen molar-refractivity contribution < 1.29 is 14.6 Å². The van der Waals surface area contributed by atoms with Gasteiger partial charge >= 0.3 is 5.97 Å². The van der Waals surface area contributed by atoms with Gasteiger partial charge in [0.1, 0.15) is 6.10 Å². The molecule has 0 radical (unpaired) electrons. The van der Waals surface area contributed by atoms with Gasteiger partial charge in [0.25, 0.3) is 0 Å². The second-order valence-corrected chi connectivity index (χ2v) is 5.78. The number of carbonyl (C=O) groups is 1. The lowest BCUT2D eigenvalue weighted by Gasteiger charge is -2.09. The monoisotopic (exact) mass is 368 g/mol. The third kappa shape index (κ3) is 4.40. The van der Waals surface area contributed by atoms with Crippen LogP contribution in [0.1, 0.15) is 27.6 Å². The van der Waals surface area contributed by atoms with Crippen LogP contribution in [0.15, 0.2) is 36.4 Å². The van der Waals surface area contributed by atoms with Crippen LogP contribution in [0.4, 0.5) is 0 Å². The van der Waals surface area contributed by atoms with Gasteiger partial charge in [0.15, 0.2) is 0 Å². The molecule has 0 spiro atoms. The molecule has 0 aromatic heterocycles. The van der Waals surface area contributed by atoms with Crippen molar-refractivity contribution in [3.8, 4) is 11.8 Å². The largest absolute Gasteiger partial charge is 0.465 e. The van der Waals surface area contributed by atoms with E-state index in [0.717, 1.165) is 0 Å². The van der Waals surface area contributed by atoms with Gasteiger partial charge in [0.2, 0.25) is 0 Å². The number of ether oxygens (including phenoxy) is 1. The smallest absolute Gasteiger partial charge is 0.340 e. The Labute approximate surface area is 148 Å². The van der Waals surface area contributed by atoms with Gasteiger partial charge in [0, 0.05) is 10.6 Å². The number of rotatable bonds is 2. The van der Waals surface area contributed by atoms with Crippen molar-refractivity contribution in [2.45, 2.75) is 6.10 Å². The maximum absolute atomic E-state index is 11.6. The molecule has 0 amide bonds. The first-order valence-electron chi connectivity index (χ1n) is 6.45. The third-order valence-electron chi connectivity index (χ3n) is 2.95. The number of aliphatic hydroxyl groups is 1. The molecular weight excluding hydrogens is 359 g/mol. The summed E-state index contributed by atoms with van der Waals surface area (Å²) >= 11 is 17.9. The highest BCUT2D eigenvalue weighted by Crippen LogP contribution is 2.29. The summed E-state index contributed by atoms with van der Waals surface area (Å²) in [4.78, 5) is 11.6. The summed E-state index contributed by atoms with van der Waals surface area (Å²) in [5.41, 5.74) is 1.09. The van der Waals surface area contributed by atoms with Crippen LogP contribution < -0.4 is 0 Å². The van der Waals surface area contributed by atoms with E-state index in [-0.39, 0.29) is 15.6 Å². The molecule has 0 aliphatic rings. The molecule has 0 fully saturated rings. The Morgan fingerprint density at radius 1 is 1.17 bits per heavy atom. The van der Waals surface area contributed by atoms with Crippen LogP contribution in [0.5, 0.6) is 0 Å². The van der Waals surface area contributed by atoms with E-state index in [4.69, 9.17) is 34.8 Å². The zero-order valence-corrected chi connectivity index (χ0v) is 14.2. The zero-order chi connectivity index (χ0) is 17.0. The predicted octanol–water partition coefficient (Wildman–Crippen LogP) is 4.52. The summed E-state index contributed by atoms with van der Waals surface area (Å²) in [5.74, 6) is 4.83. The van der Waals surface area contributed by atoms with Crippen LogP contribution in [-0.4, -0.2) is 18.2 Å². The topological polar surface area (TPSA) is 46.5 Å². The van der Waals surface area contributed by atoms with E-state index in [1.54, 1.807) is 24.3 Å². The minimum Gasteiger partial charge on any atom is -0.465 e. The number of halogens is 3. The fraction of sp³-hybridized carbons (Fsp3) is 0.118. The quantitative estimate of drug-likeness (QED) is 0.625. The van der Waals surface area contributed by atoms with Crippen molar-refractivity contribution in [1.82, 2.24) is 0 Å². The maximum atomic E-state index is 11.6. The fourth-order valence-electron chi connectivity index (χ4n) is 1.85. The molecule has 1 atom stereocenters. The van der Waals surface area contributed by atoms with Crippen LogP contribution in [0, 0.1) is 11.8 Å². The van der Waals surface area contributed by atoms with E-state index < -0.39 is 12.1 Å². The van der Waals surface area contributed by atoms with Crippen LogP contribution in [0.3, 0.4) is 0 Å². The molecule has 0 saturated heterocycles. The maximum Gasteiger partial charge on any atom is 0.340 e. The molecule has 0 aliphatic carbocycles. The second kappa shape index (κ2) is 7.72. The van der Waals surface area contributed by atoms with Gasteiger partial charge in [-0.1, -0.05) is 52.7 Å². The minimum atomic E-state index is -1.12. The number of esters is 1. The molecule has 0 heterocycles. The Morgan fingerprint density at radius 3 is 2.39 bits per heavy atom. The van der Waals surface area contributed by atoms with E-state index in [0.29, 0.717) is 16.1 Å². The molecule has 1 unspecified atom stereocenters. The number of hydrogen-bond donors (Lipinski definition) is 1. The predicted molar refractivity (Wildman–Crippen MR) is 91.1 cm³/mol. The van der Waals surface area contributed by atoms with E-state index in [1.165, 1.54) is 19.2 Å². The Kier molecular flexibility index (Phi) is 5.92. The summed E-state index contributed by atoms with van der Waals surface area (Å²) in [6.45, 7) is 0. The highest BCUT2D eigenvalue weighted by molar-refractivity contribution is 6.39. The van der Waals surface area contributed by atoms with Crippen LogP contribution in [0.25, 0.3) is 0 Å². The van der Waals surface area contributed by atoms with Gasteiger partial charge in [-0.25, -0.2) is 4.79 Å². The zero-order valence-electron chi connectivity index (χ0n) is 11.9. The van der Waals surface area contributed by atoms with Crippen molar-refractivity contribution in [3.05, 3.63) is 68.2 Å². The van der Waals surface area contributed by atoms with Crippen molar-refractivity contribution in [2.75, 3.05) is 7.11 Å². The SMILES string of the molecule is COC(=O)c1c(Cl)cc(C(O)C#Cc2cccc(Cl)c2)cc1Cl. The molecule has 1 N–H and O–H groups in total. The number of benzene rings is 2. The lowest BCUT2D eigenvalue weighted by molar-refractivity contribution is 0.0601. The minimum absolute atomic E-state index is 0.0505. The Morgan fingerprint density at radius 2 is 1.83 bits per heavy atom. The van der Waals surface area contributed by atoms with Crippen molar-refractivity contribution in [3.63, 3.8) is 0 Å². The molecule has 6 heteroatoms. The third-order valence-corrected chi connectivity index (χ3v) is 3.78. The van der Waals surface area contributed by atoms with Gasteiger partial charge in [-0.05, 0) is 35.9 Å². The van der Waals surface area contributed by atoms with Gasteiger partial charge in [-0.3, -0.25) is 0 Å². The Bertz CT molecular complexity index is 783. The average Bonchev–Trinajstić information content (AvgIpc) is 2.51. The molecule has 23 heavy (non-hydrogen) atoms. The number of methoxy groups -OCH3 is 1. The summed E-state index contributed by atoms with van der Waals surface area (Å²) in [5, 5.41) is 10.9. The van der Waals surface area contributed by atoms with E-state index in [9.17, 15) is 9.90 Å². The van der Waals surface area contributed by atoms with E-state index in [1.807, 2.05) is 0 Å². The lowest BCUT2D eigenvalue weighted by atomic mass is 10.1. The summed E-state index contributed by atoms with van der Waals surface area (Å²) in [7, 11) is 1.23. The number of carbonyl (C=O) groups excluding carboxylic acids is 1. The number of aliphatic hydroxyl groups excluding tert-OH is 1. The van der Waals surface area contributed by atoms with Crippen LogP contribution in [-0.2, 0) is 4.74 Å². The summed E-state index contributed by atoms with van der Waals surface area (Å²) in [6, 6.07) is 9.80. The van der Waals surface area contributed by atoms with Gasteiger partial charge in [-0.2, -0.15) is 0 Å². The molecule has 3 nitrogen and oxygen atoms in total. The highest BCUT2D eigenvalue weighted by atomic mass is 35.5. The normalized spacial score (nSPS) is 11.3. The molecule has 2 aromatic carbocycles. The van der Waals surface area contributed by atoms with Gasteiger partial charge < -0.3 is 9.84 Å². The van der Waals surface area contributed by atoms with E-state index >= 15 is 0 Å². The molecule has 0 aliphatic heterocycles. The lowest BCUT2D eigenvalue weighted by Crippen LogP contribution is -2.05. The standard InChI is InChI=1S/C17H11Cl3O3/c1-23-17(22)16-13(19)8-11(9-14(16)20)15(21)6-5-10-3-2-4-12(18)7-10/h2-4,7-9,15,21H,1H3. The van der Waals surface area contributed by atoms with Crippen LogP contribution in [0.2, 0.25) is 15.1 Å². The molecule has 0 saturated carbocycles. The van der Waals surface area contributed by atoms with E-state index in [2.05, 4.69) is 16.6 Å². The number of hydrogen-bond acceptors (Lipinski definition) is 3. The van der Waals surface area contributed by atoms with Crippen molar-refractivity contribution >= 4 is 40.8 Å². The molecular formula is C17H11Cl3O3. The fourth-order valence-corrected chi connectivity index (χ4v) is 2.70. The summed E-state index contributed by atoms with van der Waals surface area (Å²) in [6.07, 6.45) is -1.12. The first kappa shape index (κ1) is 17.7. The molecule has 2 aromatic rings. The molecule has 2 rings (SSSR count). The highest BCUT2D eigenvalue weighted by Gasteiger charge is 2.18. The van der Waals surface area contributed by atoms with Gasteiger partial charge in [0.05, 0.1) is 22.7 Å². The second-order valence-electron chi connectivity index (χ2n) is 4.53. The first-order chi connectivity index (χ1) is 10.9.